The van der Waals surface area contributed by atoms with Gasteiger partial charge in [-0.2, -0.15) is 0 Å². The zero-order valence-electron chi connectivity index (χ0n) is 4.83. The molecule has 0 aliphatic rings. The van der Waals surface area contributed by atoms with Gasteiger partial charge in [0.2, 0.25) is 0 Å². The van der Waals surface area contributed by atoms with Gasteiger partial charge in [0.1, 0.15) is 0 Å². The molecule has 0 N–H and O–H groups in total. The first-order valence-electron chi connectivity index (χ1n) is 1.79. The second-order valence-electron chi connectivity index (χ2n) is 2.37. The molecule has 0 unspecified atom stereocenters. The standard InChI is InChI=1S/C4H9.Al.2BrH/c1-4(2)3;;;/h1-3H3;;2*1H/q;+2;;/p-2. The first kappa shape index (κ1) is 15.8. The average molecular weight is 244 g/mol. The zero-order chi connectivity index (χ0) is 4.50. The maximum Gasteiger partial charge on any atom is -1.00 e. The molecule has 0 heterocycles. The van der Waals surface area contributed by atoms with E-state index in [4.69, 9.17) is 0 Å². The van der Waals surface area contributed by atoms with Crippen LogP contribution in [0.2, 0.25) is 4.28 Å². The summed E-state index contributed by atoms with van der Waals surface area (Å²) in [6.45, 7) is 6.45. The van der Waals surface area contributed by atoms with Crippen LogP contribution in [0.4, 0.5) is 0 Å². The second-order valence-corrected chi connectivity index (χ2v) is 4.10. The smallest absolute Gasteiger partial charge is 1.00 e. The van der Waals surface area contributed by atoms with Crippen molar-refractivity contribution in [2.75, 3.05) is 0 Å². The van der Waals surface area contributed by atoms with Crippen molar-refractivity contribution in [3.63, 3.8) is 0 Å². The van der Waals surface area contributed by atoms with Crippen LogP contribution in [0.5, 0.6) is 0 Å². The van der Waals surface area contributed by atoms with Gasteiger partial charge in [-0.3, -0.25) is 0 Å². The van der Waals surface area contributed by atoms with E-state index < -0.39 is 0 Å². The maximum atomic E-state index is 2.72. The van der Waals surface area contributed by atoms with Crippen LogP contribution in [0.1, 0.15) is 20.8 Å². The summed E-state index contributed by atoms with van der Waals surface area (Å²) in [5.41, 5.74) is 0. The Kier molecular flexibility index (Phi) is 12.7. The molecule has 0 saturated carbocycles. The summed E-state index contributed by atoms with van der Waals surface area (Å²) < 4.78 is 0.417. The maximum absolute atomic E-state index is 2.72. The molecule has 0 aromatic rings. The molecule has 7 heavy (non-hydrogen) atoms. The largest absolute Gasteiger partial charge is 1.00 e. The van der Waals surface area contributed by atoms with Gasteiger partial charge in [-0.1, -0.05) is 0 Å². The quantitative estimate of drug-likeness (QED) is 0.376. The Morgan fingerprint density at radius 2 is 1.00 bits per heavy atom. The van der Waals surface area contributed by atoms with Gasteiger partial charge in [0.25, 0.3) is 0 Å². The van der Waals surface area contributed by atoms with Gasteiger partial charge in [0, 0.05) is 0 Å². The predicted molar refractivity (Wildman–Crippen MR) is 25.5 cm³/mol. The van der Waals surface area contributed by atoms with E-state index in [0.717, 1.165) is 0 Å². The Morgan fingerprint density at radius 1 is 1.00 bits per heavy atom. The molecule has 0 bridgehead atoms. The van der Waals surface area contributed by atoms with E-state index in [1.54, 1.807) is 0 Å². The van der Waals surface area contributed by atoms with E-state index in [0.29, 0.717) is 4.28 Å². The van der Waals surface area contributed by atoms with Crippen molar-refractivity contribution in [1.82, 2.24) is 0 Å². The molecule has 0 saturated heterocycles. The van der Waals surface area contributed by atoms with E-state index in [9.17, 15) is 0 Å². The molecule has 42 valence electrons. The Labute approximate surface area is 75.0 Å². The zero-order valence-corrected chi connectivity index (χ0v) is 9.16. The van der Waals surface area contributed by atoms with Crippen molar-refractivity contribution in [3.8, 4) is 0 Å². The van der Waals surface area contributed by atoms with E-state index in [-0.39, 0.29) is 34.0 Å². The molecule has 0 aromatic carbocycles. The number of hydrogen-bond donors (Lipinski definition) is 0. The minimum Gasteiger partial charge on any atom is -1.00 e. The monoisotopic (exact) mass is 242 g/mol. The minimum atomic E-state index is 0. The minimum absolute atomic E-state index is 0. The second kappa shape index (κ2) is 5.63. The fourth-order valence-electron chi connectivity index (χ4n) is 0. The van der Waals surface area contributed by atoms with E-state index in [2.05, 4.69) is 37.1 Å². The molecule has 0 nitrogen and oxygen atoms in total. The fourth-order valence-corrected chi connectivity index (χ4v) is 0. The van der Waals surface area contributed by atoms with Crippen LogP contribution in [-0.4, -0.2) is 16.3 Å². The van der Waals surface area contributed by atoms with Crippen LogP contribution in [-0.2, 0) is 0 Å². The molecule has 0 rings (SSSR count). The molecule has 0 aliphatic carbocycles. The van der Waals surface area contributed by atoms with Crippen LogP contribution in [0.3, 0.4) is 0 Å². The summed E-state index contributed by atoms with van der Waals surface area (Å²) in [5.74, 6) is 0. The summed E-state index contributed by atoms with van der Waals surface area (Å²) in [7, 11) is 0. The topological polar surface area (TPSA) is 0 Å². The van der Waals surface area contributed by atoms with Crippen LogP contribution in [0.25, 0.3) is 0 Å². The number of halogens is 2. The van der Waals surface area contributed by atoms with Gasteiger partial charge in [0.15, 0.2) is 0 Å². The van der Waals surface area contributed by atoms with E-state index >= 15 is 0 Å². The molecular formula is C4H9AlBr2. The van der Waals surface area contributed by atoms with Crippen molar-refractivity contribution in [1.29, 1.82) is 0 Å². The van der Waals surface area contributed by atoms with Gasteiger partial charge < -0.3 is 34.0 Å². The van der Waals surface area contributed by atoms with Crippen LogP contribution < -0.4 is 34.0 Å². The molecule has 0 atom stereocenters. The summed E-state index contributed by atoms with van der Waals surface area (Å²) in [6, 6.07) is 0. The van der Waals surface area contributed by atoms with Crippen LogP contribution in [0, 0.1) is 0 Å². The third-order valence-electron chi connectivity index (χ3n) is 0. The first-order chi connectivity index (χ1) is 2.00. The molecular weight excluding hydrogens is 235 g/mol. The fraction of sp³-hybridized carbons (Fsp3) is 1.00. The van der Waals surface area contributed by atoms with Crippen molar-refractivity contribution in [2.45, 2.75) is 25.0 Å². The van der Waals surface area contributed by atoms with Gasteiger partial charge >= 0.3 is 41.3 Å². The van der Waals surface area contributed by atoms with Crippen LogP contribution >= 0.6 is 0 Å². The third-order valence-corrected chi connectivity index (χ3v) is 0. The summed E-state index contributed by atoms with van der Waals surface area (Å²) in [5, 5.41) is 0. The molecule has 0 amide bonds. The normalized spacial score (nSPS) is 8.71. The van der Waals surface area contributed by atoms with Crippen molar-refractivity contribution in [2.24, 2.45) is 0 Å². The summed E-state index contributed by atoms with van der Waals surface area (Å²) in [6.07, 6.45) is 0. The van der Waals surface area contributed by atoms with Crippen molar-refractivity contribution in [3.05, 3.63) is 0 Å². The Balaban J connectivity index is -0.0000000800. The van der Waals surface area contributed by atoms with Gasteiger partial charge in [-0.05, 0) is 0 Å². The van der Waals surface area contributed by atoms with E-state index in [1.165, 1.54) is 0 Å². The number of hydrogen-bond acceptors (Lipinski definition) is 0. The van der Waals surface area contributed by atoms with E-state index in [1.807, 2.05) is 0 Å². The molecule has 0 aromatic heterocycles. The van der Waals surface area contributed by atoms with Crippen LogP contribution in [0.15, 0.2) is 0 Å². The molecule has 0 fully saturated rings. The first-order valence-corrected chi connectivity index (χ1v) is 2.37. The van der Waals surface area contributed by atoms with Crippen molar-refractivity contribution >= 4 is 16.3 Å². The predicted octanol–water partition coefficient (Wildman–Crippen LogP) is -4.62. The molecule has 0 spiro atoms. The molecule has 0 radical (unpaired) electrons. The number of rotatable bonds is 0. The Hall–Kier alpha value is 1.49. The SMILES string of the molecule is C[C](C)(C)[Al+2].[Br-].[Br-]. The Morgan fingerprint density at radius 3 is 1.00 bits per heavy atom. The average Bonchev–Trinajstić information content (AvgIpc) is 0.722. The Bertz CT molecular complexity index is 25.2. The van der Waals surface area contributed by atoms with Gasteiger partial charge in [-0.15, -0.1) is 0 Å². The third kappa shape index (κ3) is 101. The summed E-state index contributed by atoms with van der Waals surface area (Å²) >= 11 is 2.72. The summed E-state index contributed by atoms with van der Waals surface area (Å²) in [4.78, 5) is 0. The molecule has 3 heteroatoms. The van der Waals surface area contributed by atoms with Gasteiger partial charge in [-0.25, -0.2) is 0 Å². The van der Waals surface area contributed by atoms with Crippen molar-refractivity contribution < 1.29 is 34.0 Å². The molecule has 0 aliphatic heterocycles. The van der Waals surface area contributed by atoms with Gasteiger partial charge in [0.05, 0.1) is 0 Å².